The van der Waals surface area contributed by atoms with Crippen molar-refractivity contribution >= 4 is 57.9 Å². The molecule has 19 nitrogen and oxygen atoms in total. The topological polar surface area (TPSA) is 266 Å². The summed E-state index contributed by atoms with van der Waals surface area (Å²) in [5, 5.41) is 12.5. The van der Waals surface area contributed by atoms with Crippen molar-refractivity contribution in [2.24, 2.45) is 5.41 Å². The highest BCUT2D eigenvalue weighted by Gasteiger charge is 2.49. The number of nitrogens with one attached hydrogen (secondary N) is 1. The van der Waals surface area contributed by atoms with Gasteiger partial charge in [-0.25, -0.2) is 23.1 Å². The number of aliphatic hydroxyl groups excluding tert-OH is 1. The zero-order chi connectivity index (χ0) is 39.5. The minimum Gasteiger partial charge on any atom is -0.464 e. The fraction of sp³-hybridized carbons (Fsp3) is 0.400. The number of esters is 1. The van der Waals surface area contributed by atoms with Gasteiger partial charge in [-0.05, 0) is 41.1 Å². The largest absolute Gasteiger partial charge is 0.490 e. The lowest BCUT2D eigenvalue weighted by Gasteiger charge is -2.27. The zero-order valence-corrected chi connectivity index (χ0v) is 32.2. The number of fused-ring (bicyclic) bond motifs is 1. The van der Waals surface area contributed by atoms with Gasteiger partial charge in [0, 0.05) is 0 Å². The summed E-state index contributed by atoms with van der Waals surface area (Å²) in [6.45, 7) is 4.28. The molecule has 3 heterocycles. The van der Waals surface area contributed by atoms with Crippen LogP contribution in [-0.2, 0) is 47.5 Å². The van der Waals surface area contributed by atoms with E-state index < -0.39 is 72.0 Å². The van der Waals surface area contributed by atoms with Crippen molar-refractivity contribution in [2.45, 2.75) is 57.8 Å². The van der Waals surface area contributed by atoms with E-state index in [0.717, 1.165) is 10.9 Å². The Bertz CT molecular complexity index is 2080. The molecule has 6 N–H and O–H groups in total. The third kappa shape index (κ3) is 11.1. The maximum atomic E-state index is 15.2. The maximum Gasteiger partial charge on any atom is 0.490 e. The molecule has 8 atom stereocenters. The second-order valence-electron chi connectivity index (χ2n) is 13.0. The first-order valence-electron chi connectivity index (χ1n) is 15.9. The number of halogens is 2. The van der Waals surface area contributed by atoms with Crippen molar-refractivity contribution in [1.29, 1.82) is 0 Å². The van der Waals surface area contributed by atoms with Gasteiger partial charge >= 0.3 is 29.4 Å². The molecule has 3 unspecified atom stereocenters. The molecule has 2 aromatic heterocycles. The summed E-state index contributed by atoms with van der Waals surface area (Å²) in [6.07, 6.45) is -6.49. The molecule has 0 bridgehead atoms. The van der Waals surface area contributed by atoms with Gasteiger partial charge in [0.05, 0.1) is 19.5 Å². The minimum atomic E-state index is -5.93. The van der Waals surface area contributed by atoms with E-state index in [9.17, 15) is 33.4 Å². The van der Waals surface area contributed by atoms with Crippen LogP contribution < -0.4 is 15.3 Å². The molecule has 1 fully saturated rings. The average Bonchev–Trinajstić information content (AvgIpc) is 3.61. The number of hydrogen-bond acceptors (Lipinski definition) is 15. The number of carbonyl (C=O) groups excluding carboxylic acids is 1. The molecule has 1 saturated heterocycles. The molecule has 5 rings (SSSR count). The standard InChI is InChI=1S/C30H37ClFN6O13P3/c1-30(2,3)16-46-28(40)20(14-18-10-6-4-7-11-18)37-52(41,49-19-12-8-5-9-13-19)50-54(44,45)51-53(42,43)47-15-21-24(39)22(32)27(48-21)38-17-34-23-25(33)35-29(31)36-26(23)38/h4-13,17,20-22,24,27,39H,14-16H2,1-3H3,(H,37,41)(H,42,43)(H,44,45)(H2,33,35,36)/t20-,21+,22-,24+,27+,52?/m0/s1. The van der Waals surface area contributed by atoms with Crippen molar-refractivity contribution in [2.75, 3.05) is 18.9 Å². The van der Waals surface area contributed by atoms with Crippen LogP contribution in [0.1, 0.15) is 32.6 Å². The third-order valence-electron chi connectivity index (χ3n) is 7.31. The lowest BCUT2D eigenvalue weighted by molar-refractivity contribution is -0.148. The van der Waals surface area contributed by atoms with Crippen molar-refractivity contribution in [3.05, 3.63) is 77.8 Å². The van der Waals surface area contributed by atoms with E-state index >= 15 is 4.39 Å². The highest BCUT2D eigenvalue weighted by Crippen LogP contribution is 2.67. The smallest absolute Gasteiger partial charge is 0.464 e. The Morgan fingerprint density at radius 1 is 1.06 bits per heavy atom. The Kier molecular flexibility index (Phi) is 13.0. The number of nitrogens with zero attached hydrogens (tertiary/aromatic N) is 4. The number of anilines is 1. The van der Waals surface area contributed by atoms with Crippen LogP contribution in [0, 0.1) is 5.41 Å². The van der Waals surface area contributed by atoms with Gasteiger partial charge in [-0.1, -0.05) is 69.3 Å². The van der Waals surface area contributed by atoms with Crippen LogP contribution in [0.5, 0.6) is 5.75 Å². The van der Waals surface area contributed by atoms with E-state index in [1.807, 2.05) is 0 Å². The molecule has 0 spiro atoms. The monoisotopic (exact) mass is 836 g/mol. The van der Waals surface area contributed by atoms with E-state index in [2.05, 4.69) is 24.3 Å². The number of rotatable bonds is 16. The summed E-state index contributed by atoms with van der Waals surface area (Å²) in [5.41, 5.74) is 5.87. The quantitative estimate of drug-likeness (QED) is 0.0571. The van der Waals surface area contributed by atoms with Gasteiger partial charge in [0.1, 0.15) is 29.5 Å². The number of benzene rings is 2. The van der Waals surface area contributed by atoms with Crippen LogP contribution in [-0.4, -0.2) is 78.0 Å². The maximum absolute atomic E-state index is 15.2. The van der Waals surface area contributed by atoms with Crippen LogP contribution in [0.25, 0.3) is 11.2 Å². The van der Waals surface area contributed by atoms with Crippen LogP contribution >= 0.6 is 35.0 Å². The average molecular weight is 837 g/mol. The number of ether oxygens (including phenoxy) is 2. The van der Waals surface area contributed by atoms with Gasteiger partial charge in [-0.2, -0.15) is 23.7 Å². The number of para-hydroxylation sites is 1. The van der Waals surface area contributed by atoms with Crippen LogP contribution in [0.3, 0.4) is 0 Å². The number of nitrogens with two attached hydrogens (primary N) is 1. The first-order chi connectivity index (χ1) is 25.2. The summed E-state index contributed by atoms with van der Waals surface area (Å²) >= 11 is 5.86. The lowest BCUT2D eigenvalue weighted by atomic mass is 9.98. The number of aromatic nitrogens is 4. The van der Waals surface area contributed by atoms with Crippen LogP contribution in [0.15, 0.2) is 67.0 Å². The normalized spacial score (nSPS) is 22.9. The molecule has 0 radical (unpaired) electrons. The second-order valence-corrected chi connectivity index (χ2v) is 18.3. The van der Waals surface area contributed by atoms with Gasteiger partial charge in [0.2, 0.25) is 5.28 Å². The number of phosphoric acid groups is 2. The first kappa shape index (κ1) is 41.8. The fourth-order valence-corrected chi connectivity index (χ4v) is 9.50. The van der Waals surface area contributed by atoms with Gasteiger partial charge in [-0.15, -0.1) is 0 Å². The Morgan fingerprint density at radius 3 is 2.35 bits per heavy atom. The summed E-state index contributed by atoms with van der Waals surface area (Å²) in [5.74, 6) is -1.21. The van der Waals surface area contributed by atoms with Gasteiger partial charge in [0.25, 0.3) is 0 Å². The molecule has 24 heteroatoms. The number of nitrogen functional groups attached to an aromatic ring is 1. The Balaban J connectivity index is 1.31. The SMILES string of the molecule is CC(C)(C)COC(=O)[C@H](Cc1ccccc1)NP(=O)(Oc1ccccc1)OP(=O)(O)OP(=O)(O)OC[C@H]1O[C@@H](n2cnc3c(N)nc(Cl)nc32)[C@@H](F)[C@@H]1O. The minimum absolute atomic E-state index is 0.0484. The molecule has 2 aromatic carbocycles. The predicted molar refractivity (Wildman–Crippen MR) is 189 cm³/mol. The number of alkyl halides is 1. The van der Waals surface area contributed by atoms with Crippen molar-refractivity contribution in [3.63, 3.8) is 0 Å². The van der Waals surface area contributed by atoms with Gasteiger partial charge in [0.15, 0.2) is 23.9 Å². The molecular formula is C30H37ClFN6O13P3. The fourth-order valence-electron chi connectivity index (χ4n) is 4.93. The number of imidazole rings is 1. The molecule has 54 heavy (non-hydrogen) atoms. The number of aliphatic hydroxyl groups is 1. The number of hydrogen-bond donors (Lipinski definition) is 5. The van der Waals surface area contributed by atoms with E-state index in [4.69, 9.17) is 40.2 Å². The molecule has 4 aromatic rings. The van der Waals surface area contributed by atoms with Gasteiger partial charge < -0.3 is 34.6 Å². The molecule has 0 saturated carbocycles. The highest BCUT2D eigenvalue weighted by molar-refractivity contribution is 7.68. The second kappa shape index (κ2) is 16.8. The van der Waals surface area contributed by atoms with E-state index in [1.165, 1.54) is 24.3 Å². The summed E-state index contributed by atoms with van der Waals surface area (Å²) in [7, 11) is -16.8. The van der Waals surface area contributed by atoms with E-state index in [1.54, 1.807) is 57.2 Å². The Labute approximate surface area is 312 Å². The van der Waals surface area contributed by atoms with Crippen LogP contribution in [0.4, 0.5) is 10.2 Å². The number of phosphoric ester groups is 1. The molecule has 0 aliphatic carbocycles. The number of carbonyl (C=O) groups is 1. The highest BCUT2D eigenvalue weighted by atomic mass is 35.5. The summed E-state index contributed by atoms with van der Waals surface area (Å²) < 4.78 is 87.0. The molecule has 1 aliphatic rings. The molecular weight excluding hydrogens is 800 g/mol. The first-order valence-corrected chi connectivity index (χ1v) is 20.8. The Hall–Kier alpha value is -3.35. The lowest BCUT2D eigenvalue weighted by Crippen LogP contribution is -2.40. The van der Waals surface area contributed by atoms with E-state index in [0.29, 0.717) is 5.56 Å². The van der Waals surface area contributed by atoms with Crippen molar-refractivity contribution < 1.29 is 64.9 Å². The molecule has 0 amide bonds. The van der Waals surface area contributed by atoms with Crippen molar-refractivity contribution in [1.82, 2.24) is 24.6 Å². The van der Waals surface area contributed by atoms with Crippen molar-refractivity contribution in [3.8, 4) is 5.75 Å². The predicted octanol–water partition coefficient (Wildman–Crippen LogP) is 4.89. The van der Waals surface area contributed by atoms with Gasteiger partial charge in [-0.3, -0.25) is 13.9 Å². The Morgan fingerprint density at radius 2 is 1.70 bits per heavy atom. The zero-order valence-electron chi connectivity index (χ0n) is 28.7. The summed E-state index contributed by atoms with van der Waals surface area (Å²) in [4.78, 5) is 46.0. The molecule has 294 valence electrons. The summed E-state index contributed by atoms with van der Waals surface area (Å²) in [6, 6.07) is 14.0. The molecule has 1 aliphatic heterocycles. The third-order valence-corrected chi connectivity index (χ3v) is 12.4. The van der Waals surface area contributed by atoms with Crippen LogP contribution in [0.2, 0.25) is 5.28 Å². The van der Waals surface area contributed by atoms with E-state index in [-0.39, 0.29) is 41.0 Å².